The molecule has 2 rings (SSSR count). The number of rotatable bonds is 10. The van der Waals surface area contributed by atoms with E-state index >= 15 is 0 Å². The standard InChI is InChI=1S/C15H24N6O6/c1-6(22)11(14(24)25)19-15(26)18-9(5-10(17)23)13-20-12(21-27-13)8(16)4-7-2-3-7/h6-9,11,22H,2-5,16H2,1H3,(H2,17,23)(H,24,25)(H2,18,19,26)/t6-,8?,9?,11+/m1/s1. The second kappa shape index (κ2) is 8.77. The monoisotopic (exact) mass is 384 g/mol. The van der Waals surface area contributed by atoms with Crippen LogP contribution < -0.4 is 22.1 Å². The van der Waals surface area contributed by atoms with Crippen molar-refractivity contribution in [1.29, 1.82) is 0 Å². The Morgan fingerprint density at radius 3 is 2.52 bits per heavy atom. The van der Waals surface area contributed by atoms with Crippen LogP contribution in [0.4, 0.5) is 4.79 Å². The van der Waals surface area contributed by atoms with E-state index in [9.17, 15) is 19.5 Å². The van der Waals surface area contributed by atoms with Crippen LogP contribution in [0.5, 0.6) is 0 Å². The first-order valence-corrected chi connectivity index (χ1v) is 8.52. The molecule has 0 aromatic carbocycles. The number of hydrogen-bond donors (Lipinski definition) is 6. The second-order valence-corrected chi connectivity index (χ2v) is 6.67. The smallest absolute Gasteiger partial charge is 0.328 e. The number of aliphatic hydroxyl groups is 1. The summed E-state index contributed by atoms with van der Waals surface area (Å²) in [5, 5.41) is 26.6. The SMILES string of the molecule is C[C@@H](O)[C@H](NC(=O)NC(CC(N)=O)c1nc(C(N)CC2CC2)no1)C(=O)O. The predicted octanol–water partition coefficient (Wildman–Crippen LogP) is -1.08. The Hall–Kier alpha value is -2.73. The lowest BCUT2D eigenvalue weighted by Gasteiger charge is -2.19. The highest BCUT2D eigenvalue weighted by molar-refractivity contribution is 5.83. The van der Waals surface area contributed by atoms with Gasteiger partial charge in [-0.2, -0.15) is 4.98 Å². The first-order chi connectivity index (χ1) is 12.7. The molecule has 27 heavy (non-hydrogen) atoms. The Balaban J connectivity index is 2.05. The van der Waals surface area contributed by atoms with Gasteiger partial charge in [-0.15, -0.1) is 0 Å². The zero-order chi connectivity index (χ0) is 20.1. The summed E-state index contributed by atoms with van der Waals surface area (Å²) >= 11 is 0. The zero-order valence-electron chi connectivity index (χ0n) is 14.8. The molecule has 0 spiro atoms. The van der Waals surface area contributed by atoms with Gasteiger partial charge in [0, 0.05) is 0 Å². The van der Waals surface area contributed by atoms with Crippen molar-refractivity contribution in [2.24, 2.45) is 17.4 Å². The molecule has 12 heteroatoms. The number of carbonyl (C=O) groups excluding carboxylic acids is 2. The molecule has 4 atom stereocenters. The molecule has 1 aromatic rings. The lowest BCUT2D eigenvalue weighted by Crippen LogP contribution is -2.52. The van der Waals surface area contributed by atoms with E-state index in [0.29, 0.717) is 12.3 Å². The van der Waals surface area contributed by atoms with E-state index in [1.165, 1.54) is 6.92 Å². The predicted molar refractivity (Wildman–Crippen MR) is 89.9 cm³/mol. The largest absolute Gasteiger partial charge is 0.480 e. The minimum absolute atomic E-state index is 0.0749. The fourth-order valence-corrected chi connectivity index (χ4v) is 2.49. The summed E-state index contributed by atoms with van der Waals surface area (Å²) in [4.78, 5) is 38.5. The van der Waals surface area contributed by atoms with Crippen LogP contribution >= 0.6 is 0 Å². The van der Waals surface area contributed by atoms with Crippen LogP contribution in [-0.4, -0.2) is 50.4 Å². The number of nitrogens with two attached hydrogens (primary N) is 2. The number of nitrogens with one attached hydrogen (secondary N) is 2. The molecular weight excluding hydrogens is 360 g/mol. The Morgan fingerprint density at radius 2 is 2.00 bits per heavy atom. The van der Waals surface area contributed by atoms with Crippen molar-refractivity contribution < 1.29 is 29.1 Å². The number of amides is 3. The van der Waals surface area contributed by atoms with Crippen molar-refractivity contribution in [2.45, 2.75) is 56.8 Å². The van der Waals surface area contributed by atoms with Crippen molar-refractivity contribution in [3.63, 3.8) is 0 Å². The number of nitrogens with zero attached hydrogens (tertiary/aromatic N) is 2. The van der Waals surface area contributed by atoms with Crippen LogP contribution in [-0.2, 0) is 9.59 Å². The van der Waals surface area contributed by atoms with E-state index in [1.807, 2.05) is 0 Å². The number of aliphatic carboxylic acids is 1. The van der Waals surface area contributed by atoms with Gasteiger partial charge in [-0.25, -0.2) is 9.59 Å². The molecule has 12 nitrogen and oxygen atoms in total. The summed E-state index contributed by atoms with van der Waals surface area (Å²) in [5.41, 5.74) is 11.2. The molecule has 1 saturated carbocycles. The summed E-state index contributed by atoms with van der Waals surface area (Å²) in [5.74, 6) is -1.44. The molecule has 150 valence electrons. The van der Waals surface area contributed by atoms with E-state index in [-0.39, 0.29) is 18.1 Å². The number of carboxylic acid groups (broad SMARTS) is 1. The molecule has 1 fully saturated rings. The molecule has 1 aliphatic carbocycles. The van der Waals surface area contributed by atoms with Gasteiger partial charge in [0.1, 0.15) is 6.04 Å². The molecule has 3 amide bonds. The Bertz CT molecular complexity index is 688. The van der Waals surface area contributed by atoms with E-state index in [1.54, 1.807) is 0 Å². The van der Waals surface area contributed by atoms with Gasteiger partial charge in [-0.1, -0.05) is 18.0 Å². The maximum absolute atomic E-state index is 12.1. The molecule has 0 saturated heterocycles. The highest BCUT2D eigenvalue weighted by atomic mass is 16.5. The van der Waals surface area contributed by atoms with Gasteiger partial charge < -0.3 is 36.8 Å². The normalized spacial score (nSPS) is 18.2. The van der Waals surface area contributed by atoms with E-state index < -0.39 is 42.1 Å². The minimum Gasteiger partial charge on any atom is -0.480 e. The van der Waals surface area contributed by atoms with Crippen LogP contribution in [0.1, 0.15) is 56.4 Å². The van der Waals surface area contributed by atoms with E-state index in [4.69, 9.17) is 21.1 Å². The van der Waals surface area contributed by atoms with E-state index in [2.05, 4.69) is 20.8 Å². The number of aromatic nitrogens is 2. The topological polar surface area (TPSA) is 207 Å². The van der Waals surface area contributed by atoms with Gasteiger partial charge in [-0.3, -0.25) is 4.79 Å². The Morgan fingerprint density at radius 1 is 1.33 bits per heavy atom. The third kappa shape index (κ3) is 6.18. The first kappa shape index (κ1) is 20.6. The summed E-state index contributed by atoms with van der Waals surface area (Å²) < 4.78 is 5.09. The van der Waals surface area contributed by atoms with Gasteiger partial charge in [-0.05, 0) is 19.3 Å². The van der Waals surface area contributed by atoms with Crippen molar-refractivity contribution in [3.8, 4) is 0 Å². The lowest BCUT2D eigenvalue weighted by atomic mass is 10.1. The zero-order valence-corrected chi connectivity index (χ0v) is 14.8. The average molecular weight is 384 g/mol. The molecule has 2 unspecified atom stereocenters. The third-order valence-electron chi connectivity index (χ3n) is 4.12. The first-order valence-electron chi connectivity index (χ1n) is 8.52. The molecule has 0 aliphatic heterocycles. The number of carbonyl (C=O) groups is 3. The second-order valence-electron chi connectivity index (χ2n) is 6.67. The van der Waals surface area contributed by atoms with Gasteiger partial charge in [0.15, 0.2) is 11.9 Å². The quantitative estimate of drug-likeness (QED) is 0.289. The van der Waals surface area contributed by atoms with Gasteiger partial charge in [0.25, 0.3) is 0 Å². The Kier molecular flexibility index (Phi) is 6.69. The van der Waals surface area contributed by atoms with Crippen molar-refractivity contribution in [2.75, 3.05) is 0 Å². The molecule has 0 bridgehead atoms. The van der Waals surface area contributed by atoms with Crippen LogP contribution in [0.25, 0.3) is 0 Å². The summed E-state index contributed by atoms with van der Waals surface area (Å²) in [6, 6.07) is -3.98. The molecule has 1 heterocycles. The number of primary amides is 1. The highest BCUT2D eigenvalue weighted by Gasteiger charge is 2.30. The number of hydrogen-bond acceptors (Lipinski definition) is 8. The number of aliphatic hydroxyl groups excluding tert-OH is 1. The van der Waals surface area contributed by atoms with Gasteiger partial charge in [0.2, 0.25) is 11.8 Å². The molecule has 1 aromatic heterocycles. The number of urea groups is 1. The van der Waals surface area contributed by atoms with Crippen LogP contribution in [0.3, 0.4) is 0 Å². The van der Waals surface area contributed by atoms with Gasteiger partial charge in [0.05, 0.1) is 18.6 Å². The highest BCUT2D eigenvalue weighted by Crippen LogP contribution is 2.36. The molecule has 8 N–H and O–H groups in total. The molecule has 0 radical (unpaired) electrons. The maximum Gasteiger partial charge on any atom is 0.328 e. The number of carboxylic acids is 1. The van der Waals surface area contributed by atoms with E-state index in [0.717, 1.165) is 12.8 Å². The Labute approximate surface area is 154 Å². The summed E-state index contributed by atoms with van der Waals surface area (Å²) in [6.45, 7) is 1.21. The lowest BCUT2D eigenvalue weighted by molar-refractivity contribution is -0.141. The summed E-state index contributed by atoms with van der Waals surface area (Å²) in [7, 11) is 0. The van der Waals surface area contributed by atoms with Crippen molar-refractivity contribution >= 4 is 17.9 Å². The van der Waals surface area contributed by atoms with Crippen molar-refractivity contribution in [1.82, 2.24) is 20.8 Å². The molecule has 1 aliphatic rings. The fraction of sp³-hybridized carbons (Fsp3) is 0.667. The van der Waals surface area contributed by atoms with Crippen LogP contribution in [0, 0.1) is 5.92 Å². The van der Waals surface area contributed by atoms with Crippen LogP contribution in [0.2, 0.25) is 0 Å². The maximum atomic E-state index is 12.1. The molecular formula is C15H24N6O6. The summed E-state index contributed by atoms with van der Waals surface area (Å²) in [6.07, 6.45) is 1.25. The van der Waals surface area contributed by atoms with Crippen LogP contribution in [0.15, 0.2) is 4.52 Å². The van der Waals surface area contributed by atoms with Gasteiger partial charge >= 0.3 is 12.0 Å². The average Bonchev–Trinajstić information content (AvgIpc) is 3.23. The minimum atomic E-state index is -1.54. The fourth-order valence-electron chi connectivity index (χ4n) is 2.49. The van der Waals surface area contributed by atoms with Crippen molar-refractivity contribution in [3.05, 3.63) is 11.7 Å². The third-order valence-corrected chi connectivity index (χ3v) is 4.12.